The number of carbonyl (C=O) groups excluding carboxylic acids is 1. The molecule has 0 rings (SSSR count). The number of hydrogen-bond donors (Lipinski definition) is 1. The van der Waals surface area contributed by atoms with Gasteiger partial charge in [0.25, 0.3) is 0 Å². The first-order chi connectivity index (χ1) is 7.31. The summed E-state index contributed by atoms with van der Waals surface area (Å²) in [4.78, 5) is 14.6. The molecule has 0 amide bonds. The molecular weight excluding hydrogens is 206 g/mol. The van der Waals surface area contributed by atoms with Gasteiger partial charge in [-0.3, -0.25) is 0 Å². The van der Waals surface area contributed by atoms with Crippen molar-refractivity contribution in [3.05, 3.63) is 5.21 Å². The number of carbonyl (C=O) groups is 1. The average molecular weight is 221 g/mol. The number of nitrogens with zero attached hydrogens (tertiary/aromatic N) is 2. The van der Waals surface area contributed by atoms with E-state index in [0.717, 1.165) is 0 Å². The average Bonchev–Trinajstić information content (AvgIpc) is 2.23. The van der Waals surface area contributed by atoms with Crippen molar-refractivity contribution in [2.45, 2.75) is 13.3 Å². The van der Waals surface area contributed by atoms with Gasteiger partial charge in [-0.1, -0.05) is 0 Å². The lowest BCUT2D eigenvalue weighted by Gasteiger charge is -2.04. The highest BCUT2D eigenvalue weighted by atomic mass is 16.8. The summed E-state index contributed by atoms with van der Waals surface area (Å²) in [6, 6.07) is 0. The summed E-state index contributed by atoms with van der Waals surface area (Å²) in [5.74, 6) is 0. The Kier molecular flexibility index (Phi) is 9.93. The minimum absolute atomic E-state index is 0.0965. The molecule has 0 bridgehead atoms. The standard InChI is InChI=1S/C7H15N3O5/c1-2-13-6-14-7-15-9-10(12)8-4-3-5-11/h5H,2-4,6-7H2,1H3,(H,8,9). The summed E-state index contributed by atoms with van der Waals surface area (Å²) in [5, 5.41) is 14.1. The van der Waals surface area contributed by atoms with E-state index in [9.17, 15) is 10.0 Å². The van der Waals surface area contributed by atoms with Gasteiger partial charge < -0.3 is 19.5 Å². The highest BCUT2D eigenvalue weighted by Crippen LogP contribution is 1.80. The zero-order valence-electron chi connectivity index (χ0n) is 8.55. The van der Waals surface area contributed by atoms with Crippen LogP contribution in [0, 0.1) is 5.21 Å². The first kappa shape index (κ1) is 13.8. The maximum Gasteiger partial charge on any atom is 0.181 e. The van der Waals surface area contributed by atoms with Crippen molar-refractivity contribution < 1.29 is 24.1 Å². The summed E-state index contributed by atoms with van der Waals surface area (Å²) in [6.07, 6.45) is 0.866. The van der Waals surface area contributed by atoms with Gasteiger partial charge in [0.05, 0.1) is 4.97 Å². The van der Waals surface area contributed by atoms with E-state index in [2.05, 4.69) is 9.95 Å². The molecule has 0 unspecified atom stereocenters. The molecular formula is C7H15N3O5. The Morgan fingerprint density at radius 3 is 2.93 bits per heavy atom. The zero-order valence-corrected chi connectivity index (χ0v) is 8.55. The van der Waals surface area contributed by atoms with Gasteiger partial charge in [-0.25, -0.2) is 0 Å². The van der Waals surface area contributed by atoms with E-state index in [1.165, 1.54) is 0 Å². The van der Waals surface area contributed by atoms with Crippen LogP contribution >= 0.6 is 0 Å². The Morgan fingerprint density at radius 2 is 2.27 bits per heavy atom. The first-order valence-electron chi connectivity index (χ1n) is 4.42. The fourth-order valence-corrected chi connectivity index (χ4v) is 0.530. The Balaban J connectivity index is 3.26. The molecule has 0 aliphatic carbocycles. The predicted molar refractivity (Wildman–Crippen MR) is 48.3 cm³/mol. The van der Waals surface area contributed by atoms with E-state index in [1.807, 2.05) is 12.5 Å². The van der Waals surface area contributed by atoms with Gasteiger partial charge in [0.1, 0.15) is 19.6 Å². The van der Waals surface area contributed by atoms with E-state index in [1.54, 1.807) is 0 Å². The molecule has 8 nitrogen and oxygen atoms in total. The second-order valence-corrected chi connectivity index (χ2v) is 2.26. The van der Waals surface area contributed by atoms with Crippen LogP contribution in [-0.4, -0.2) is 38.0 Å². The minimum Gasteiger partial charge on any atom is -0.570 e. The third kappa shape index (κ3) is 10.7. The predicted octanol–water partition coefficient (Wildman–Crippen LogP) is -0.0578. The SMILES string of the molecule is CCOCOCON[N+]([O-])=NCCC=O. The largest absolute Gasteiger partial charge is 0.570 e. The van der Waals surface area contributed by atoms with E-state index < -0.39 is 0 Å². The molecule has 0 aliphatic rings. The van der Waals surface area contributed by atoms with Gasteiger partial charge in [-0.05, 0) is 12.5 Å². The molecule has 8 heteroatoms. The quantitative estimate of drug-likeness (QED) is 0.139. The van der Waals surface area contributed by atoms with Crippen LogP contribution in [0.4, 0.5) is 0 Å². The molecule has 0 aromatic rings. The van der Waals surface area contributed by atoms with Gasteiger partial charge in [0.15, 0.2) is 6.79 Å². The fourth-order valence-electron chi connectivity index (χ4n) is 0.530. The van der Waals surface area contributed by atoms with Crippen LogP contribution in [0.1, 0.15) is 13.3 Å². The second kappa shape index (κ2) is 10.8. The molecule has 1 N–H and O–H groups in total. The maximum atomic E-state index is 10.7. The van der Waals surface area contributed by atoms with Gasteiger partial charge >= 0.3 is 0 Å². The number of ether oxygens (including phenoxy) is 2. The number of rotatable bonds is 10. The van der Waals surface area contributed by atoms with Crippen molar-refractivity contribution in [3.63, 3.8) is 0 Å². The Labute approximate surface area is 87.3 Å². The Bertz CT molecular complexity index is 187. The van der Waals surface area contributed by atoms with E-state index in [0.29, 0.717) is 12.9 Å². The molecule has 15 heavy (non-hydrogen) atoms. The summed E-state index contributed by atoms with van der Waals surface area (Å²) in [5.41, 5.74) is 1.93. The van der Waals surface area contributed by atoms with Crippen LogP contribution in [0.15, 0.2) is 5.11 Å². The van der Waals surface area contributed by atoms with Crippen LogP contribution in [0.3, 0.4) is 0 Å². The maximum absolute atomic E-state index is 10.7. The Morgan fingerprint density at radius 1 is 1.47 bits per heavy atom. The molecule has 0 spiro atoms. The molecule has 0 aromatic carbocycles. The molecule has 88 valence electrons. The van der Waals surface area contributed by atoms with E-state index in [-0.39, 0.29) is 31.5 Å². The minimum atomic E-state index is -0.137. The van der Waals surface area contributed by atoms with Gasteiger partial charge in [0, 0.05) is 18.1 Å². The smallest absolute Gasteiger partial charge is 0.181 e. The summed E-state index contributed by atoms with van der Waals surface area (Å²) in [6.45, 7) is 2.44. The number of nitrogens with one attached hydrogen (secondary N) is 1. The monoisotopic (exact) mass is 221 g/mol. The Hall–Kier alpha value is -1.25. The first-order valence-corrected chi connectivity index (χ1v) is 4.42. The van der Waals surface area contributed by atoms with Crippen LogP contribution in [0.2, 0.25) is 0 Å². The summed E-state index contributed by atoms with van der Waals surface area (Å²) < 4.78 is 9.62. The zero-order chi connectivity index (χ0) is 11.4. The lowest BCUT2D eigenvalue weighted by atomic mass is 10.5. The van der Waals surface area contributed by atoms with Crippen LogP contribution in [0.5, 0.6) is 0 Å². The molecule has 0 aromatic heterocycles. The number of hydrogen-bond acceptors (Lipinski definition) is 6. The molecule has 0 heterocycles. The lowest BCUT2D eigenvalue weighted by molar-refractivity contribution is -0.649. The van der Waals surface area contributed by atoms with Crippen molar-refractivity contribution in [3.8, 4) is 0 Å². The van der Waals surface area contributed by atoms with E-state index in [4.69, 9.17) is 9.47 Å². The van der Waals surface area contributed by atoms with Crippen molar-refractivity contribution in [1.29, 1.82) is 0 Å². The summed E-state index contributed by atoms with van der Waals surface area (Å²) in [7, 11) is 0. The van der Waals surface area contributed by atoms with Gasteiger partial charge in [-0.15, -0.1) is 0 Å². The number of hydrazine groups is 1. The van der Waals surface area contributed by atoms with E-state index >= 15 is 0 Å². The van der Waals surface area contributed by atoms with Crippen LogP contribution in [-0.2, 0) is 19.1 Å². The highest BCUT2D eigenvalue weighted by Gasteiger charge is 1.93. The topological polar surface area (TPSA) is 95.2 Å². The molecule has 0 radical (unpaired) electrons. The van der Waals surface area contributed by atoms with Gasteiger partial charge in [0.2, 0.25) is 0 Å². The third-order valence-corrected chi connectivity index (χ3v) is 1.13. The normalized spacial score (nSPS) is 11.4. The molecule has 0 atom stereocenters. The highest BCUT2D eigenvalue weighted by molar-refractivity contribution is 5.49. The van der Waals surface area contributed by atoms with Crippen molar-refractivity contribution >= 4 is 6.29 Å². The summed E-state index contributed by atoms with van der Waals surface area (Å²) >= 11 is 0. The van der Waals surface area contributed by atoms with Crippen molar-refractivity contribution in [2.75, 3.05) is 26.7 Å². The second-order valence-electron chi connectivity index (χ2n) is 2.26. The van der Waals surface area contributed by atoms with Crippen LogP contribution < -0.4 is 5.59 Å². The number of aldehydes is 1. The molecule has 0 saturated heterocycles. The fraction of sp³-hybridized carbons (Fsp3) is 0.857. The molecule has 0 saturated carbocycles. The lowest BCUT2D eigenvalue weighted by Crippen LogP contribution is -2.25. The van der Waals surface area contributed by atoms with Gasteiger partial charge in [-0.2, -0.15) is 4.84 Å². The van der Waals surface area contributed by atoms with Crippen LogP contribution in [0.25, 0.3) is 0 Å². The molecule has 0 aliphatic heterocycles. The van der Waals surface area contributed by atoms with Crippen molar-refractivity contribution in [1.82, 2.24) is 5.59 Å². The third-order valence-electron chi connectivity index (χ3n) is 1.13. The van der Waals surface area contributed by atoms with Crippen molar-refractivity contribution in [2.24, 2.45) is 5.11 Å². The molecule has 0 fully saturated rings.